The predicted octanol–water partition coefficient (Wildman–Crippen LogP) is -0.374. The molecule has 0 unspecified atom stereocenters. The fourth-order valence-corrected chi connectivity index (χ4v) is 4.35. The monoisotopic (exact) mass is 350 g/mol. The molecule has 2 heterocycles. The second-order valence-electron chi connectivity index (χ2n) is 6.26. The zero-order chi connectivity index (χ0) is 17.1. The average molecular weight is 350 g/mol. The van der Waals surface area contributed by atoms with Gasteiger partial charge in [0, 0.05) is 5.56 Å². The molecule has 0 spiro atoms. The van der Waals surface area contributed by atoms with E-state index in [0.29, 0.717) is 5.75 Å². The van der Waals surface area contributed by atoms with E-state index in [1.165, 1.54) is 4.90 Å². The molecule has 1 atom stereocenters. The molecule has 24 heavy (non-hydrogen) atoms. The number of likely N-dealkylation sites (N-methyl/N-ethyl adjacent to an activating group) is 1. The lowest BCUT2D eigenvalue weighted by atomic mass is 10.1. The molecule has 2 aliphatic heterocycles. The number of methoxy groups -OCH3 is 1. The molecule has 2 aliphatic rings. The molecule has 0 saturated carbocycles. The van der Waals surface area contributed by atoms with Crippen molar-refractivity contribution in [1.29, 1.82) is 0 Å². The number of hydrogen-bond acceptors (Lipinski definition) is 4. The SMILES string of the molecule is COc1ccccc1[C@@H]1SCC(=O)N1CC(=O)N1CC[NH+](C)CC1. The van der Waals surface area contributed by atoms with Gasteiger partial charge in [-0.1, -0.05) is 18.2 Å². The number of thioether (sulfide) groups is 1. The maximum absolute atomic E-state index is 12.6. The molecule has 1 aromatic carbocycles. The summed E-state index contributed by atoms with van der Waals surface area (Å²) in [6.07, 6.45) is 0. The van der Waals surface area contributed by atoms with Crippen molar-refractivity contribution in [2.75, 3.05) is 52.6 Å². The van der Waals surface area contributed by atoms with E-state index in [9.17, 15) is 9.59 Å². The number of para-hydroxylation sites is 1. The first-order valence-electron chi connectivity index (χ1n) is 8.23. The zero-order valence-corrected chi connectivity index (χ0v) is 15.0. The molecule has 0 radical (unpaired) electrons. The molecular weight excluding hydrogens is 326 g/mol. The normalized spacial score (nSPS) is 22.1. The van der Waals surface area contributed by atoms with E-state index in [1.807, 2.05) is 29.2 Å². The van der Waals surface area contributed by atoms with Gasteiger partial charge in [-0.15, -0.1) is 11.8 Å². The first-order valence-corrected chi connectivity index (χ1v) is 9.28. The molecule has 2 fully saturated rings. The van der Waals surface area contributed by atoms with Crippen molar-refractivity contribution in [3.05, 3.63) is 29.8 Å². The maximum atomic E-state index is 12.6. The second kappa shape index (κ2) is 7.44. The van der Waals surface area contributed by atoms with Crippen molar-refractivity contribution < 1.29 is 19.2 Å². The first kappa shape index (κ1) is 17.1. The van der Waals surface area contributed by atoms with Gasteiger partial charge >= 0.3 is 0 Å². The Balaban J connectivity index is 1.73. The number of piperazine rings is 1. The molecule has 0 bridgehead atoms. The number of hydrogen-bond donors (Lipinski definition) is 1. The standard InChI is InChI=1S/C17H23N3O3S/c1-18-7-9-19(10-8-18)15(21)11-20-16(22)12-24-17(20)13-5-3-4-6-14(13)23-2/h3-6,17H,7-12H2,1-2H3/p+1/t17-/m0/s1. The summed E-state index contributed by atoms with van der Waals surface area (Å²) in [5, 5.41) is -0.157. The van der Waals surface area contributed by atoms with E-state index in [1.54, 1.807) is 23.8 Å². The van der Waals surface area contributed by atoms with Crippen LogP contribution in [-0.2, 0) is 9.59 Å². The Morgan fingerprint density at radius 3 is 2.75 bits per heavy atom. The van der Waals surface area contributed by atoms with E-state index in [4.69, 9.17) is 4.74 Å². The minimum Gasteiger partial charge on any atom is -0.496 e. The molecule has 2 amide bonds. The third-order valence-corrected chi connectivity index (χ3v) is 5.89. The smallest absolute Gasteiger partial charge is 0.242 e. The molecular formula is C17H24N3O3S+. The molecule has 130 valence electrons. The third kappa shape index (κ3) is 3.52. The van der Waals surface area contributed by atoms with Crippen LogP contribution in [0.25, 0.3) is 0 Å². The number of nitrogens with zero attached hydrogens (tertiary/aromatic N) is 2. The van der Waals surface area contributed by atoms with Crippen LogP contribution < -0.4 is 9.64 Å². The molecule has 1 N–H and O–H groups in total. The van der Waals surface area contributed by atoms with Gasteiger partial charge in [0.15, 0.2) is 0 Å². The lowest BCUT2D eigenvalue weighted by Crippen LogP contribution is -3.12. The summed E-state index contributed by atoms with van der Waals surface area (Å²) >= 11 is 1.55. The highest BCUT2D eigenvalue weighted by Crippen LogP contribution is 2.42. The third-order valence-electron chi connectivity index (χ3n) is 4.65. The Morgan fingerprint density at radius 1 is 1.33 bits per heavy atom. The fourth-order valence-electron chi connectivity index (χ4n) is 3.14. The van der Waals surface area contributed by atoms with Crippen LogP contribution in [0.2, 0.25) is 0 Å². The quantitative estimate of drug-likeness (QED) is 0.805. The lowest BCUT2D eigenvalue weighted by molar-refractivity contribution is -0.883. The van der Waals surface area contributed by atoms with Crippen molar-refractivity contribution >= 4 is 23.6 Å². The van der Waals surface area contributed by atoms with Gasteiger partial charge in [-0.2, -0.15) is 0 Å². The number of nitrogens with one attached hydrogen (secondary N) is 1. The van der Waals surface area contributed by atoms with E-state index in [0.717, 1.165) is 37.5 Å². The first-order chi connectivity index (χ1) is 11.6. The summed E-state index contributed by atoms with van der Waals surface area (Å²) < 4.78 is 5.43. The number of ether oxygens (including phenoxy) is 1. The summed E-state index contributed by atoms with van der Waals surface area (Å²) in [5.74, 6) is 1.22. The molecule has 7 heteroatoms. The van der Waals surface area contributed by atoms with Gasteiger partial charge in [0.1, 0.15) is 17.7 Å². The van der Waals surface area contributed by atoms with Crippen LogP contribution in [0.15, 0.2) is 24.3 Å². The molecule has 6 nitrogen and oxygen atoms in total. The Kier molecular flexibility index (Phi) is 5.30. The Hall–Kier alpha value is -1.73. The molecule has 2 saturated heterocycles. The summed E-state index contributed by atoms with van der Waals surface area (Å²) in [6, 6.07) is 7.70. The van der Waals surface area contributed by atoms with Gasteiger partial charge in [-0.25, -0.2) is 0 Å². The van der Waals surface area contributed by atoms with Crippen LogP contribution in [0.4, 0.5) is 0 Å². The number of carbonyl (C=O) groups is 2. The maximum Gasteiger partial charge on any atom is 0.242 e. The van der Waals surface area contributed by atoms with E-state index >= 15 is 0 Å². The van der Waals surface area contributed by atoms with E-state index in [2.05, 4.69) is 7.05 Å². The Labute approximate surface area is 146 Å². The lowest BCUT2D eigenvalue weighted by Gasteiger charge is -2.32. The minimum absolute atomic E-state index is 0.0176. The van der Waals surface area contributed by atoms with Crippen LogP contribution in [-0.4, -0.2) is 74.2 Å². The highest BCUT2D eigenvalue weighted by molar-refractivity contribution is 8.00. The van der Waals surface area contributed by atoms with E-state index < -0.39 is 0 Å². The number of amides is 2. The number of benzene rings is 1. The Morgan fingerprint density at radius 2 is 2.04 bits per heavy atom. The second-order valence-corrected chi connectivity index (χ2v) is 7.33. The minimum atomic E-state index is -0.157. The predicted molar refractivity (Wildman–Crippen MR) is 93.1 cm³/mol. The number of quaternary nitrogens is 1. The van der Waals surface area contributed by atoms with Crippen molar-refractivity contribution in [3.8, 4) is 5.75 Å². The van der Waals surface area contributed by atoms with Crippen LogP contribution in [0.3, 0.4) is 0 Å². The summed E-state index contributed by atoms with van der Waals surface area (Å²) in [7, 11) is 3.77. The fraction of sp³-hybridized carbons (Fsp3) is 0.529. The number of carbonyl (C=O) groups excluding carboxylic acids is 2. The Bertz CT molecular complexity index is 617. The highest BCUT2D eigenvalue weighted by Gasteiger charge is 2.36. The van der Waals surface area contributed by atoms with Crippen molar-refractivity contribution in [1.82, 2.24) is 9.80 Å². The molecule has 0 aliphatic carbocycles. The topological polar surface area (TPSA) is 54.3 Å². The van der Waals surface area contributed by atoms with Crippen LogP contribution in [0.1, 0.15) is 10.9 Å². The zero-order valence-electron chi connectivity index (χ0n) is 14.2. The summed E-state index contributed by atoms with van der Waals surface area (Å²) in [6.45, 7) is 3.60. The van der Waals surface area contributed by atoms with Crippen molar-refractivity contribution in [3.63, 3.8) is 0 Å². The van der Waals surface area contributed by atoms with Gasteiger partial charge in [-0.05, 0) is 6.07 Å². The largest absolute Gasteiger partial charge is 0.496 e. The highest BCUT2D eigenvalue weighted by atomic mass is 32.2. The van der Waals surface area contributed by atoms with Gasteiger partial charge in [0.05, 0.1) is 46.1 Å². The van der Waals surface area contributed by atoms with Crippen LogP contribution >= 0.6 is 11.8 Å². The van der Waals surface area contributed by atoms with Crippen LogP contribution in [0.5, 0.6) is 5.75 Å². The molecule has 0 aromatic heterocycles. The van der Waals surface area contributed by atoms with Crippen LogP contribution in [0, 0.1) is 0 Å². The summed E-state index contributed by atoms with van der Waals surface area (Å²) in [4.78, 5) is 29.9. The summed E-state index contributed by atoms with van der Waals surface area (Å²) in [5.41, 5.74) is 0.950. The molecule has 1 aromatic rings. The van der Waals surface area contributed by atoms with Crippen molar-refractivity contribution in [2.45, 2.75) is 5.37 Å². The average Bonchev–Trinajstić information content (AvgIpc) is 2.96. The van der Waals surface area contributed by atoms with Crippen molar-refractivity contribution in [2.24, 2.45) is 0 Å². The van der Waals surface area contributed by atoms with E-state index in [-0.39, 0.29) is 23.7 Å². The van der Waals surface area contributed by atoms with Gasteiger partial charge < -0.3 is 19.4 Å². The molecule has 3 rings (SSSR count). The van der Waals surface area contributed by atoms with Gasteiger partial charge in [-0.3, -0.25) is 9.59 Å². The number of rotatable bonds is 4. The van der Waals surface area contributed by atoms with Gasteiger partial charge in [0.2, 0.25) is 11.8 Å². The van der Waals surface area contributed by atoms with Gasteiger partial charge in [0.25, 0.3) is 0 Å².